The Morgan fingerprint density at radius 2 is 1.96 bits per heavy atom. The van der Waals surface area contributed by atoms with Gasteiger partial charge in [-0.1, -0.05) is 29.8 Å². The van der Waals surface area contributed by atoms with Crippen molar-refractivity contribution in [3.05, 3.63) is 35.4 Å². The first kappa shape index (κ1) is 18.0. The van der Waals surface area contributed by atoms with Crippen LogP contribution in [0, 0.1) is 12.8 Å². The fourth-order valence-corrected chi connectivity index (χ4v) is 3.20. The maximum absolute atomic E-state index is 12.3. The molecule has 1 aromatic rings. The highest BCUT2D eigenvalue weighted by Crippen LogP contribution is 2.22. The summed E-state index contributed by atoms with van der Waals surface area (Å²) in [5.74, 6) is 0.774. The zero-order valence-corrected chi connectivity index (χ0v) is 14.4. The van der Waals surface area contributed by atoms with Gasteiger partial charge in [0.05, 0.1) is 6.04 Å². The topological polar surface area (TPSA) is 52.6 Å². The Kier molecular flexibility index (Phi) is 7.06. The molecular formula is C19H30N2O2. The van der Waals surface area contributed by atoms with E-state index < -0.39 is 0 Å². The summed E-state index contributed by atoms with van der Waals surface area (Å²) in [6, 6.07) is 8.07. The van der Waals surface area contributed by atoms with Crippen LogP contribution in [0.3, 0.4) is 0 Å². The monoisotopic (exact) mass is 318 g/mol. The molecule has 0 radical (unpaired) electrons. The number of aliphatic hydroxyl groups excluding tert-OH is 1. The van der Waals surface area contributed by atoms with Crippen molar-refractivity contribution in [1.29, 1.82) is 0 Å². The maximum Gasteiger partial charge on any atom is 0.220 e. The lowest BCUT2D eigenvalue weighted by Crippen LogP contribution is -2.32. The first-order valence-corrected chi connectivity index (χ1v) is 8.74. The van der Waals surface area contributed by atoms with Crippen LogP contribution in [0.4, 0.5) is 0 Å². The second-order valence-electron chi connectivity index (χ2n) is 6.83. The number of rotatable bonds is 7. The Morgan fingerprint density at radius 3 is 2.57 bits per heavy atom. The van der Waals surface area contributed by atoms with E-state index in [0.717, 1.165) is 25.1 Å². The van der Waals surface area contributed by atoms with Gasteiger partial charge in [0.2, 0.25) is 5.91 Å². The van der Waals surface area contributed by atoms with Crippen LogP contribution in [0.1, 0.15) is 49.3 Å². The highest BCUT2D eigenvalue weighted by Gasteiger charge is 2.19. The van der Waals surface area contributed by atoms with E-state index >= 15 is 0 Å². The lowest BCUT2D eigenvalue weighted by atomic mass is 9.92. The fourth-order valence-electron chi connectivity index (χ4n) is 3.20. The number of benzene rings is 1. The van der Waals surface area contributed by atoms with E-state index in [0.29, 0.717) is 18.8 Å². The zero-order valence-electron chi connectivity index (χ0n) is 14.4. The van der Waals surface area contributed by atoms with E-state index in [1.807, 2.05) is 31.2 Å². The normalized spacial score (nSPS) is 17.9. The average molecular weight is 318 g/mol. The first-order chi connectivity index (χ1) is 11.1. The molecule has 1 aliphatic rings. The zero-order chi connectivity index (χ0) is 16.7. The highest BCUT2D eigenvalue weighted by molar-refractivity contribution is 5.76. The molecular weight excluding hydrogens is 288 g/mol. The maximum atomic E-state index is 12.3. The molecule has 1 heterocycles. The lowest BCUT2D eigenvalue weighted by Gasteiger charge is -2.29. The molecule has 2 N–H and O–H groups in total. The number of amides is 1. The number of aryl methyl sites for hydroxylation is 1. The van der Waals surface area contributed by atoms with Crippen LogP contribution < -0.4 is 5.32 Å². The summed E-state index contributed by atoms with van der Waals surface area (Å²) in [4.78, 5) is 14.6. The van der Waals surface area contributed by atoms with Crippen LogP contribution in [-0.2, 0) is 4.79 Å². The number of nitrogens with one attached hydrogen (secondary N) is 1. The van der Waals surface area contributed by atoms with E-state index in [4.69, 9.17) is 0 Å². The molecule has 4 nitrogen and oxygen atoms in total. The van der Waals surface area contributed by atoms with Gasteiger partial charge < -0.3 is 15.3 Å². The molecule has 0 spiro atoms. The molecule has 0 unspecified atom stereocenters. The predicted molar refractivity (Wildman–Crippen MR) is 93.2 cm³/mol. The van der Waals surface area contributed by atoms with Crippen LogP contribution in [0.2, 0.25) is 0 Å². The van der Waals surface area contributed by atoms with Crippen molar-refractivity contribution in [2.45, 2.75) is 45.1 Å². The van der Waals surface area contributed by atoms with Crippen LogP contribution >= 0.6 is 0 Å². The smallest absolute Gasteiger partial charge is 0.220 e. The van der Waals surface area contributed by atoms with Crippen molar-refractivity contribution in [3.63, 3.8) is 0 Å². The summed E-state index contributed by atoms with van der Waals surface area (Å²) in [5, 5.41) is 12.4. The van der Waals surface area contributed by atoms with Gasteiger partial charge in [-0.05, 0) is 64.2 Å². The van der Waals surface area contributed by atoms with Crippen molar-refractivity contribution >= 4 is 5.91 Å². The molecule has 2 rings (SSSR count). The largest absolute Gasteiger partial charge is 0.396 e. The number of hydrogen-bond acceptors (Lipinski definition) is 3. The minimum Gasteiger partial charge on any atom is -0.396 e. The summed E-state index contributed by atoms with van der Waals surface area (Å²) in [6.07, 6.45) is 4.51. The third-order valence-electron chi connectivity index (χ3n) is 4.85. The molecule has 0 saturated carbocycles. The molecule has 128 valence electrons. The molecule has 1 saturated heterocycles. The Hall–Kier alpha value is -1.39. The molecule has 4 heteroatoms. The number of carbonyl (C=O) groups excluding carboxylic acids is 1. The van der Waals surface area contributed by atoms with Crippen molar-refractivity contribution in [2.24, 2.45) is 5.92 Å². The van der Waals surface area contributed by atoms with Gasteiger partial charge in [-0.2, -0.15) is 0 Å². The van der Waals surface area contributed by atoms with E-state index in [-0.39, 0.29) is 18.6 Å². The molecule has 0 bridgehead atoms. The van der Waals surface area contributed by atoms with Gasteiger partial charge in [0.25, 0.3) is 0 Å². The summed E-state index contributed by atoms with van der Waals surface area (Å²) in [7, 11) is 2.16. The molecule has 1 atom stereocenters. The molecule has 1 aliphatic heterocycles. The third-order valence-corrected chi connectivity index (χ3v) is 4.85. The molecule has 0 aromatic heterocycles. The van der Waals surface area contributed by atoms with Gasteiger partial charge in [0, 0.05) is 13.0 Å². The van der Waals surface area contributed by atoms with Gasteiger partial charge >= 0.3 is 0 Å². The second-order valence-corrected chi connectivity index (χ2v) is 6.83. The van der Waals surface area contributed by atoms with Gasteiger partial charge in [0.15, 0.2) is 0 Å². The summed E-state index contributed by atoms with van der Waals surface area (Å²) >= 11 is 0. The van der Waals surface area contributed by atoms with Gasteiger partial charge in [-0.25, -0.2) is 0 Å². The minimum absolute atomic E-state index is 0.0772. The van der Waals surface area contributed by atoms with Crippen molar-refractivity contribution in [1.82, 2.24) is 10.2 Å². The van der Waals surface area contributed by atoms with Crippen LogP contribution in [0.5, 0.6) is 0 Å². The summed E-state index contributed by atoms with van der Waals surface area (Å²) < 4.78 is 0. The van der Waals surface area contributed by atoms with E-state index in [2.05, 4.69) is 17.3 Å². The van der Waals surface area contributed by atoms with Crippen molar-refractivity contribution in [3.8, 4) is 0 Å². The quantitative estimate of drug-likeness (QED) is 0.812. The Labute approximate surface area is 139 Å². The molecule has 1 aromatic carbocycles. The molecule has 1 amide bonds. The second kappa shape index (κ2) is 9.04. The Bertz CT molecular complexity index is 479. The summed E-state index contributed by atoms with van der Waals surface area (Å²) in [6.45, 7) is 4.41. The van der Waals surface area contributed by atoms with E-state index in [1.165, 1.54) is 18.4 Å². The van der Waals surface area contributed by atoms with Gasteiger partial charge in [-0.3, -0.25) is 4.79 Å². The van der Waals surface area contributed by atoms with E-state index in [1.54, 1.807) is 0 Å². The number of piperidine rings is 1. The first-order valence-electron chi connectivity index (χ1n) is 8.74. The SMILES string of the molecule is Cc1ccc([C@@H](CCO)NC(=O)CCC2CCN(C)CC2)cc1. The van der Waals surface area contributed by atoms with Gasteiger partial charge in [-0.15, -0.1) is 0 Å². The van der Waals surface area contributed by atoms with Crippen LogP contribution in [0.25, 0.3) is 0 Å². The number of nitrogens with zero attached hydrogens (tertiary/aromatic N) is 1. The number of likely N-dealkylation sites (tertiary alicyclic amines) is 1. The predicted octanol–water partition coefficient (Wildman–Crippen LogP) is 2.66. The molecule has 23 heavy (non-hydrogen) atoms. The van der Waals surface area contributed by atoms with Crippen LogP contribution in [0.15, 0.2) is 24.3 Å². The number of hydrogen-bond donors (Lipinski definition) is 2. The number of aliphatic hydroxyl groups is 1. The Balaban J connectivity index is 1.82. The summed E-state index contributed by atoms with van der Waals surface area (Å²) in [5.41, 5.74) is 2.27. The number of carbonyl (C=O) groups is 1. The van der Waals surface area contributed by atoms with Gasteiger partial charge in [0.1, 0.15) is 0 Å². The highest BCUT2D eigenvalue weighted by atomic mass is 16.3. The van der Waals surface area contributed by atoms with Crippen LogP contribution in [-0.4, -0.2) is 42.7 Å². The standard InChI is InChI=1S/C19H30N2O2/c1-15-3-6-17(7-4-15)18(11-14-22)20-19(23)8-5-16-9-12-21(2)13-10-16/h3-4,6-7,16,18,22H,5,8-14H2,1-2H3,(H,20,23)/t18-/m1/s1. The minimum atomic E-state index is -0.0920. The molecule has 1 fully saturated rings. The third kappa shape index (κ3) is 5.96. The van der Waals surface area contributed by atoms with Crippen molar-refractivity contribution in [2.75, 3.05) is 26.7 Å². The molecule has 0 aliphatic carbocycles. The Morgan fingerprint density at radius 1 is 1.30 bits per heavy atom. The van der Waals surface area contributed by atoms with E-state index in [9.17, 15) is 9.90 Å². The lowest BCUT2D eigenvalue weighted by molar-refractivity contribution is -0.122. The fraction of sp³-hybridized carbons (Fsp3) is 0.632. The average Bonchev–Trinajstić information content (AvgIpc) is 2.55. The van der Waals surface area contributed by atoms with Crippen molar-refractivity contribution < 1.29 is 9.90 Å².